The summed E-state index contributed by atoms with van der Waals surface area (Å²) in [6.07, 6.45) is 0. The number of hydrogen-bond acceptors (Lipinski definition) is 3. The molecule has 6 heteroatoms. The Balaban J connectivity index is 1.03. The maximum atomic E-state index is 5.23. The molecule has 14 aromatic rings. The topological polar surface area (TPSA) is 53.5 Å². The fourth-order valence-corrected chi connectivity index (χ4v) is 10.6. The predicted molar refractivity (Wildman–Crippen MR) is 285 cm³/mol. The van der Waals surface area contributed by atoms with Gasteiger partial charge in [-0.25, -0.2) is 15.0 Å². The first kappa shape index (κ1) is 38.8. The van der Waals surface area contributed by atoms with Crippen molar-refractivity contribution >= 4 is 65.4 Å². The van der Waals surface area contributed by atoms with Crippen LogP contribution in [0.25, 0.3) is 128 Å². The van der Waals surface area contributed by atoms with Gasteiger partial charge in [0.2, 0.25) is 0 Å². The Morgan fingerprint density at radius 1 is 0.246 bits per heavy atom. The molecule has 0 aliphatic heterocycles. The van der Waals surface area contributed by atoms with Gasteiger partial charge in [-0.3, -0.25) is 0 Å². The summed E-state index contributed by atoms with van der Waals surface area (Å²) in [4.78, 5) is 15.5. The Hall–Kier alpha value is -9.39. The number of benzene rings is 10. The Morgan fingerprint density at radius 2 is 0.667 bits per heavy atom. The first-order chi connectivity index (χ1) is 34.2. The van der Waals surface area contributed by atoms with Crippen LogP contribution >= 0.6 is 0 Å². The van der Waals surface area contributed by atoms with E-state index in [1.807, 2.05) is 36.4 Å². The molecule has 69 heavy (non-hydrogen) atoms. The van der Waals surface area contributed by atoms with Crippen molar-refractivity contribution < 1.29 is 0 Å². The highest BCUT2D eigenvalue weighted by molar-refractivity contribution is 6.24. The fraction of sp³-hybridized carbons (Fsp3) is 0. The predicted octanol–water partition coefficient (Wildman–Crippen LogP) is 15.8. The van der Waals surface area contributed by atoms with Crippen LogP contribution in [0.3, 0.4) is 0 Å². The van der Waals surface area contributed by atoms with Gasteiger partial charge in [-0.05, 0) is 83.9 Å². The third kappa shape index (κ3) is 6.16. The zero-order chi connectivity index (χ0) is 45.4. The van der Waals surface area contributed by atoms with E-state index in [1.54, 1.807) is 0 Å². The van der Waals surface area contributed by atoms with Crippen LogP contribution in [-0.4, -0.2) is 28.7 Å². The lowest BCUT2D eigenvalue weighted by atomic mass is 9.99. The molecule has 322 valence electrons. The average molecular weight is 881 g/mol. The van der Waals surface area contributed by atoms with Gasteiger partial charge in [0.05, 0.1) is 33.1 Å². The minimum absolute atomic E-state index is 0.625. The zero-order valence-corrected chi connectivity index (χ0v) is 37.3. The van der Waals surface area contributed by atoms with E-state index in [0.717, 1.165) is 72.2 Å². The van der Waals surface area contributed by atoms with Crippen LogP contribution < -0.4 is 0 Å². The van der Waals surface area contributed by atoms with E-state index < -0.39 is 0 Å². The van der Waals surface area contributed by atoms with Gasteiger partial charge < -0.3 is 13.7 Å². The minimum Gasteiger partial charge on any atom is -0.309 e. The molecule has 0 radical (unpaired) electrons. The molecular weight excluding hydrogens is 841 g/mol. The molecule has 4 aromatic heterocycles. The number of para-hydroxylation sites is 4. The molecule has 0 bridgehead atoms. The Bertz CT molecular complexity index is 4210. The van der Waals surface area contributed by atoms with Crippen molar-refractivity contribution in [2.45, 2.75) is 0 Å². The summed E-state index contributed by atoms with van der Waals surface area (Å²) in [5.41, 5.74) is 15.3. The van der Waals surface area contributed by atoms with Gasteiger partial charge in [0.15, 0.2) is 17.5 Å². The van der Waals surface area contributed by atoms with Crippen molar-refractivity contribution in [1.82, 2.24) is 28.7 Å². The largest absolute Gasteiger partial charge is 0.309 e. The molecule has 0 amide bonds. The molecule has 10 aromatic carbocycles. The van der Waals surface area contributed by atoms with Gasteiger partial charge in [-0.2, -0.15) is 0 Å². The number of aromatic nitrogens is 6. The molecule has 14 rings (SSSR count). The highest BCUT2D eigenvalue weighted by Crippen LogP contribution is 2.44. The molecule has 4 heterocycles. The van der Waals surface area contributed by atoms with Crippen molar-refractivity contribution in [3.8, 4) is 62.4 Å². The van der Waals surface area contributed by atoms with Crippen molar-refractivity contribution in [2.75, 3.05) is 0 Å². The van der Waals surface area contributed by atoms with Gasteiger partial charge in [0, 0.05) is 66.1 Å². The SMILES string of the molecule is c1ccc(-c2nc(-c3ccccc3)nc(-c3cccc4c3c3cc(-c5ccc6c(c5)c5ccc7c8ccccc8n(-c8ccccc8)c7c5n6-c5ccccc5)ccc3n4-c3ccccc3)n2)cc1. The maximum absolute atomic E-state index is 5.23. The number of nitrogens with zero attached hydrogens (tertiary/aromatic N) is 6. The summed E-state index contributed by atoms with van der Waals surface area (Å²) in [7, 11) is 0. The molecule has 0 spiro atoms. The van der Waals surface area contributed by atoms with E-state index >= 15 is 0 Å². The van der Waals surface area contributed by atoms with E-state index in [0.29, 0.717) is 17.5 Å². The molecule has 0 fully saturated rings. The fourth-order valence-electron chi connectivity index (χ4n) is 10.6. The number of fused-ring (bicyclic) bond motifs is 10. The van der Waals surface area contributed by atoms with E-state index in [2.05, 4.69) is 220 Å². The van der Waals surface area contributed by atoms with Crippen LogP contribution in [-0.2, 0) is 0 Å². The van der Waals surface area contributed by atoms with Crippen molar-refractivity contribution in [3.05, 3.63) is 243 Å². The summed E-state index contributed by atoms with van der Waals surface area (Å²) in [6.45, 7) is 0. The van der Waals surface area contributed by atoms with Crippen LogP contribution in [0.1, 0.15) is 0 Å². The van der Waals surface area contributed by atoms with E-state index in [1.165, 1.54) is 38.1 Å². The lowest BCUT2D eigenvalue weighted by Gasteiger charge is -2.12. The quantitative estimate of drug-likeness (QED) is 0.160. The second-order valence-corrected chi connectivity index (χ2v) is 17.6. The third-order valence-corrected chi connectivity index (χ3v) is 13.7. The summed E-state index contributed by atoms with van der Waals surface area (Å²) in [5.74, 6) is 1.89. The van der Waals surface area contributed by atoms with Gasteiger partial charge in [-0.1, -0.05) is 170 Å². The van der Waals surface area contributed by atoms with E-state index in [9.17, 15) is 0 Å². The summed E-state index contributed by atoms with van der Waals surface area (Å²) in [6, 6.07) is 86.3. The van der Waals surface area contributed by atoms with Crippen molar-refractivity contribution in [3.63, 3.8) is 0 Å². The minimum atomic E-state index is 0.625. The van der Waals surface area contributed by atoms with E-state index in [4.69, 9.17) is 15.0 Å². The van der Waals surface area contributed by atoms with Crippen molar-refractivity contribution in [1.29, 1.82) is 0 Å². The highest BCUT2D eigenvalue weighted by Gasteiger charge is 2.23. The Labute approximate surface area is 397 Å². The first-order valence-electron chi connectivity index (χ1n) is 23.4. The lowest BCUT2D eigenvalue weighted by Crippen LogP contribution is -2.00. The van der Waals surface area contributed by atoms with Crippen LogP contribution in [0.5, 0.6) is 0 Å². The molecule has 6 nitrogen and oxygen atoms in total. The molecular formula is C63H40N6. The van der Waals surface area contributed by atoms with E-state index in [-0.39, 0.29) is 0 Å². The average Bonchev–Trinajstić information content (AvgIpc) is 4.07. The van der Waals surface area contributed by atoms with Crippen LogP contribution in [0.2, 0.25) is 0 Å². The second-order valence-electron chi connectivity index (χ2n) is 17.6. The van der Waals surface area contributed by atoms with Crippen LogP contribution in [0.4, 0.5) is 0 Å². The van der Waals surface area contributed by atoms with Crippen LogP contribution in [0, 0.1) is 0 Å². The molecule has 0 atom stereocenters. The molecule has 0 unspecified atom stereocenters. The summed E-state index contributed by atoms with van der Waals surface area (Å²) < 4.78 is 7.27. The summed E-state index contributed by atoms with van der Waals surface area (Å²) in [5, 5.41) is 7.05. The maximum Gasteiger partial charge on any atom is 0.164 e. The molecule has 0 aliphatic rings. The first-order valence-corrected chi connectivity index (χ1v) is 23.4. The standard InChI is InChI=1S/C63H40N6/c1-6-19-41(20-7-1)61-64-62(42-21-8-2-9-22-42)66-63(65-61)51-30-18-32-57-58(51)53-40-44(34-38-56(53)67(57)45-23-10-3-11-24-45)43-33-37-55-52(39-43)50-36-35-49-48-29-16-17-31-54(48)68(46-25-12-4-13-26-46)59(49)60(50)69(55)47-27-14-5-15-28-47/h1-40H. The Kier molecular flexibility index (Phi) is 8.79. The van der Waals surface area contributed by atoms with Gasteiger partial charge in [0.1, 0.15) is 0 Å². The smallest absolute Gasteiger partial charge is 0.164 e. The molecule has 0 aliphatic carbocycles. The molecule has 0 saturated carbocycles. The second kappa shape index (κ2) is 15.6. The molecule has 0 saturated heterocycles. The normalized spacial score (nSPS) is 11.8. The zero-order valence-electron chi connectivity index (χ0n) is 37.3. The van der Waals surface area contributed by atoms with Crippen LogP contribution in [0.15, 0.2) is 243 Å². The number of rotatable bonds is 7. The highest BCUT2D eigenvalue weighted by atomic mass is 15.1. The molecule has 0 N–H and O–H groups in total. The Morgan fingerprint density at radius 3 is 1.23 bits per heavy atom. The third-order valence-electron chi connectivity index (χ3n) is 13.7. The monoisotopic (exact) mass is 880 g/mol. The van der Waals surface area contributed by atoms with Crippen molar-refractivity contribution in [2.24, 2.45) is 0 Å². The summed E-state index contributed by atoms with van der Waals surface area (Å²) >= 11 is 0. The lowest BCUT2D eigenvalue weighted by molar-refractivity contribution is 1.08. The number of hydrogen-bond donors (Lipinski definition) is 0. The van der Waals surface area contributed by atoms with Gasteiger partial charge in [-0.15, -0.1) is 0 Å². The van der Waals surface area contributed by atoms with Gasteiger partial charge in [0.25, 0.3) is 0 Å². The van der Waals surface area contributed by atoms with Gasteiger partial charge >= 0.3 is 0 Å².